The third-order valence-electron chi connectivity index (χ3n) is 1.69. The van der Waals surface area contributed by atoms with E-state index in [4.69, 9.17) is 11.6 Å². The Balaban J connectivity index is 2.36. The molecule has 0 amide bonds. The Labute approximate surface area is 100 Å². The van der Waals surface area contributed by atoms with Crippen molar-refractivity contribution in [3.63, 3.8) is 0 Å². The average molecular weight is 280 g/mol. The lowest BCUT2D eigenvalue weighted by molar-refractivity contribution is 0.598. The van der Waals surface area contributed by atoms with Gasteiger partial charge < -0.3 is 4.57 Å². The number of nitrogens with one attached hydrogen (secondary N) is 1. The lowest BCUT2D eigenvalue weighted by Gasteiger charge is -2.02. The Kier molecular flexibility index (Phi) is 2.82. The molecule has 2 aromatic heterocycles. The molecule has 0 unspecified atom stereocenters. The van der Waals surface area contributed by atoms with Crippen LogP contribution in [-0.4, -0.2) is 27.6 Å². The first kappa shape index (κ1) is 11.3. The van der Waals surface area contributed by atoms with E-state index in [9.17, 15) is 8.42 Å². The van der Waals surface area contributed by atoms with Crippen molar-refractivity contribution in [2.24, 2.45) is 7.05 Å². The molecule has 0 aliphatic heterocycles. The minimum Gasteiger partial charge on any atom is -0.324 e. The molecular weight excluding hydrogens is 274 g/mol. The molecule has 0 bridgehead atoms. The Morgan fingerprint density at radius 3 is 2.81 bits per heavy atom. The summed E-state index contributed by atoms with van der Waals surface area (Å²) in [5.74, 6) is 0. The number of hydrogen-bond acceptors (Lipinski definition) is 6. The minimum absolute atomic E-state index is 0.0463. The Bertz CT molecular complexity index is 590. The van der Waals surface area contributed by atoms with Crippen molar-refractivity contribution in [2.45, 2.75) is 5.03 Å². The predicted molar refractivity (Wildman–Crippen MR) is 58.9 cm³/mol. The molecule has 0 saturated carbocycles. The highest BCUT2D eigenvalue weighted by atomic mass is 35.5. The lowest BCUT2D eigenvalue weighted by atomic mass is 10.9. The number of imidazole rings is 1. The standard InChI is InChI=1S/C6H6ClN5O2S2/c1-12-3-8-6(5(12)7)16(13,14)10-4-2-9-11-15-4/h2-3,10H,1H3. The van der Waals surface area contributed by atoms with E-state index in [1.165, 1.54) is 17.1 Å². The normalized spacial score (nSPS) is 11.6. The molecule has 10 heteroatoms. The van der Waals surface area contributed by atoms with Crippen molar-refractivity contribution in [3.8, 4) is 0 Å². The van der Waals surface area contributed by atoms with Crippen LogP contribution in [0.3, 0.4) is 0 Å². The molecule has 86 valence electrons. The van der Waals surface area contributed by atoms with Gasteiger partial charge in [-0.1, -0.05) is 16.1 Å². The van der Waals surface area contributed by atoms with Crippen molar-refractivity contribution in [1.29, 1.82) is 0 Å². The van der Waals surface area contributed by atoms with Gasteiger partial charge in [-0.05, 0) is 0 Å². The monoisotopic (exact) mass is 279 g/mol. The van der Waals surface area contributed by atoms with Gasteiger partial charge in [-0.25, -0.2) is 4.98 Å². The van der Waals surface area contributed by atoms with Gasteiger partial charge in [0.25, 0.3) is 10.0 Å². The van der Waals surface area contributed by atoms with E-state index in [-0.39, 0.29) is 10.2 Å². The third-order valence-corrected chi connectivity index (χ3v) is 4.25. The largest absolute Gasteiger partial charge is 0.324 e. The molecule has 0 aliphatic rings. The fourth-order valence-corrected chi connectivity index (χ4v) is 3.08. The first-order valence-corrected chi connectivity index (χ1v) is 6.61. The van der Waals surface area contributed by atoms with Crippen molar-refractivity contribution in [2.75, 3.05) is 4.72 Å². The van der Waals surface area contributed by atoms with Crippen molar-refractivity contribution >= 4 is 38.2 Å². The van der Waals surface area contributed by atoms with Crippen molar-refractivity contribution in [1.82, 2.24) is 19.1 Å². The van der Waals surface area contributed by atoms with Crippen LogP contribution in [0.15, 0.2) is 17.6 Å². The second-order valence-electron chi connectivity index (χ2n) is 2.84. The van der Waals surface area contributed by atoms with Gasteiger partial charge in [0, 0.05) is 18.6 Å². The van der Waals surface area contributed by atoms with Crippen LogP contribution in [0.4, 0.5) is 5.00 Å². The Morgan fingerprint density at radius 2 is 2.31 bits per heavy atom. The Morgan fingerprint density at radius 1 is 1.56 bits per heavy atom. The van der Waals surface area contributed by atoms with Gasteiger partial charge in [0.15, 0.2) is 0 Å². The first-order chi connectivity index (χ1) is 7.50. The number of halogens is 1. The van der Waals surface area contributed by atoms with E-state index in [1.54, 1.807) is 7.05 Å². The fourth-order valence-electron chi connectivity index (χ4n) is 0.967. The molecule has 16 heavy (non-hydrogen) atoms. The molecule has 0 atom stereocenters. The maximum absolute atomic E-state index is 11.8. The molecule has 1 N–H and O–H groups in total. The van der Waals surface area contributed by atoms with Crippen molar-refractivity contribution in [3.05, 3.63) is 17.7 Å². The summed E-state index contributed by atoms with van der Waals surface area (Å²) in [5.41, 5.74) is 0. The zero-order valence-corrected chi connectivity index (χ0v) is 10.3. The van der Waals surface area contributed by atoms with Crippen LogP contribution in [0.2, 0.25) is 5.15 Å². The van der Waals surface area contributed by atoms with E-state index in [2.05, 4.69) is 19.3 Å². The summed E-state index contributed by atoms with van der Waals surface area (Å²) in [6.45, 7) is 0. The number of nitrogens with zero attached hydrogens (tertiary/aromatic N) is 4. The maximum atomic E-state index is 11.8. The summed E-state index contributed by atoms with van der Waals surface area (Å²) < 4.78 is 30.8. The van der Waals surface area contributed by atoms with E-state index < -0.39 is 10.0 Å². The van der Waals surface area contributed by atoms with Crippen LogP contribution in [0.5, 0.6) is 0 Å². The first-order valence-electron chi connectivity index (χ1n) is 3.97. The molecule has 0 radical (unpaired) electrons. The van der Waals surface area contributed by atoms with Gasteiger partial charge in [-0.2, -0.15) is 8.42 Å². The molecule has 2 rings (SSSR count). The number of sulfonamides is 1. The van der Waals surface area contributed by atoms with Crippen LogP contribution in [0.1, 0.15) is 0 Å². The van der Waals surface area contributed by atoms with Crippen LogP contribution in [-0.2, 0) is 17.1 Å². The zero-order chi connectivity index (χ0) is 11.8. The minimum atomic E-state index is -3.78. The molecule has 2 heterocycles. The quantitative estimate of drug-likeness (QED) is 0.894. The summed E-state index contributed by atoms with van der Waals surface area (Å²) in [4.78, 5) is 3.71. The second kappa shape index (κ2) is 4.00. The zero-order valence-electron chi connectivity index (χ0n) is 7.95. The van der Waals surface area contributed by atoms with E-state index in [0.717, 1.165) is 11.5 Å². The van der Waals surface area contributed by atoms with E-state index in [0.29, 0.717) is 5.00 Å². The van der Waals surface area contributed by atoms with Gasteiger partial charge in [0.2, 0.25) is 5.03 Å². The predicted octanol–water partition coefficient (Wildman–Crippen LogP) is 0.726. The lowest BCUT2D eigenvalue weighted by Crippen LogP contribution is -2.13. The third kappa shape index (κ3) is 2.01. The average Bonchev–Trinajstić information content (AvgIpc) is 2.78. The van der Waals surface area contributed by atoms with Gasteiger partial charge in [-0.15, -0.1) is 5.10 Å². The summed E-state index contributed by atoms with van der Waals surface area (Å²) in [7, 11) is -2.18. The topological polar surface area (TPSA) is 89.8 Å². The highest BCUT2D eigenvalue weighted by molar-refractivity contribution is 7.93. The number of aromatic nitrogens is 4. The molecule has 2 aromatic rings. The molecule has 7 nitrogen and oxygen atoms in total. The van der Waals surface area contributed by atoms with Gasteiger partial charge >= 0.3 is 0 Å². The smallest absolute Gasteiger partial charge is 0.283 e. The molecule has 0 fully saturated rings. The molecule has 0 saturated heterocycles. The molecule has 0 aliphatic carbocycles. The van der Waals surface area contributed by atoms with Gasteiger partial charge in [0.05, 0.1) is 12.5 Å². The van der Waals surface area contributed by atoms with Crippen LogP contribution in [0, 0.1) is 0 Å². The summed E-state index contributed by atoms with van der Waals surface area (Å²) in [6, 6.07) is 0. The fraction of sp³-hybridized carbons (Fsp3) is 0.167. The maximum Gasteiger partial charge on any atom is 0.283 e. The molecular formula is C6H6ClN5O2S2. The van der Waals surface area contributed by atoms with Crippen LogP contribution in [0.25, 0.3) is 0 Å². The number of rotatable bonds is 3. The van der Waals surface area contributed by atoms with Crippen molar-refractivity contribution < 1.29 is 8.42 Å². The number of aryl methyl sites for hydroxylation is 1. The van der Waals surface area contributed by atoms with Gasteiger partial charge in [-0.3, -0.25) is 4.72 Å². The highest BCUT2D eigenvalue weighted by Crippen LogP contribution is 2.22. The number of anilines is 1. The summed E-state index contributed by atoms with van der Waals surface area (Å²) >= 11 is 6.71. The van der Waals surface area contributed by atoms with Crippen LogP contribution < -0.4 is 4.72 Å². The highest BCUT2D eigenvalue weighted by Gasteiger charge is 2.22. The molecule has 0 spiro atoms. The summed E-state index contributed by atoms with van der Waals surface area (Å²) in [5, 5.41) is 3.65. The summed E-state index contributed by atoms with van der Waals surface area (Å²) in [6.07, 6.45) is 2.63. The SMILES string of the molecule is Cn1cnc(S(=O)(=O)Nc2cnns2)c1Cl. The Hall–Kier alpha value is -1.19. The van der Waals surface area contributed by atoms with E-state index >= 15 is 0 Å². The molecule has 0 aromatic carbocycles. The van der Waals surface area contributed by atoms with Gasteiger partial charge in [0.1, 0.15) is 10.2 Å². The second-order valence-corrected chi connectivity index (χ2v) is 5.58. The van der Waals surface area contributed by atoms with Crippen LogP contribution >= 0.6 is 23.1 Å². The van der Waals surface area contributed by atoms with E-state index in [1.807, 2.05) is 0 Å². The number of hydrogen-bond donors (Lipinski definition) is 1.